The van der Waals surface area contributed by atoms with Crippen LogP contribution in [0.5, 0.6) is 5.75 Å². The second-order valence-electron chi connectivity index (χ2n) is 6.96. The average molecular weight is 366 g/mol. The molecule has 5 nitrogen and oxygen atoms in total. The summed E-state index contributed by atoms with van der Waals surface area (Å²) in [4.78, 5) is 29.6. The minimum Gasteiger partial charge on any atom is -0.496 e. The molecule has 1 saturated heterocycles. The summed E-state index contributed by atoms with van der Waals surface area (Å²) in [6.07, 6.45) is 0.761. The summed E-state index contributed by atoms with van der Waals surface area (Å²) >= 11 is 0. The van der Waals surface area contributed by atoms with Gasteiger partial charge in [0.2, 0.25) is 0 Å². The highest BCUT2D eigenvalue weighted by atomic mass is 16.5. The highest BCUT2D eigenvalue weighted by molar-refractivity contribution is 5.98. The normalized spacial score (nSPS) is 14.6. The predicted octanol–water partition coefficient (Wildman–Crippen LogP) is 3.30. The van der Waals surface area contributed by atoms with E-state index in [0.29, 0.717) is 37.5 Å². The van der Waals surface area contributed by atoms with Crippen molar-refractivity contribution in [2.24, 2.45) is 0 Å². The van der Waals surface area contributed by atoms with E-state index in [0.717, 1.165) is 23.1 Å². The lowest BCUT2D eigenvalue weighted by molar-refractivity contribution is 0.0716. The van der Waals surface area contributed by atoms with Gasteiger partial charge in [-0.1, -0.05) is 29.8 Å². The molecule has 3 rings (SSSR count). The van der Waals surface area contributed by atoms with Crippen molar-refractivity contribution < 1.29 is 14.3 Å². The van der Waals surface area contributed by atoms with Crippen LogP contribution in [0.3, 0.4) is 0 Å². The molecule has 1 aliphatic heterocycles. The summed E-state index contributed by atoms with van der Waals surface area (Å²) in [6, 6.07) is 13.3. The van der Waals surface area contributed by atoms with Crippen molar-refractivity contribution in [3.63, 3.8) is 0 Å². The maximum atomic E-state index is 13.0. The summed E-state index contributed by atoms with van der Waals surface area (Å²) in [6.45, 7) is 6.25. The first kappa shape index (κ1) is 19.0. The summed E-state index contributed by atoms with van der Waals surface area (Å²) in [7, 11) is 1.58. The Morgan fingerprint density at radius 2 is 1.48 bits per heavy atom. The quantitative estimate of drug-likeness (QED) is 0.837. The molecule has 2 aromatic rings. The van der Waals surface area contributed by atoms with Crippen LogP contribution < -0.4 is 4.74 Å². The summed E-state index contributed by atoms with van der Waals surface area (Å²) in [5.74, 6) is 0.582. The smallest absolute Gasteiger partial charge is 0.257 e. The first-order valence-electron chi connectivity index (χ1n) is 9.30. The molecule has 2 aromatic carbocycles. The zero-order chi connectivity index (χ0) is 19.4. The van der Waals surface area contributed by atoms with Crippen molar-refractivity contribution >= 4 is 11.8 Å². The molecule has 0 atom stereocenters. The Morgan fingerprint density at radius 3 is 2.11 bits per heavy atom. The van der Waals surface area contributed by atoms with Crippen molar-refractivity contribution in [2.75, 3.05) is 33.3 Å². The molecule has 142 valence electrons. The third-order valence-corrected chi connectivity index (χ3v) is 5.03. The van der Waals surface area contributed by atoms with E-state index in [9.17, 15) is 9.59 Å². The van der Waals surface area contributed by atoms with Crippen LogP contribution >= 0.6 is 0 Å². The molecule has 0 spiro atoms. The third-order valence-electron chi connectivity index (χ3n) is 5.03. The lowest BCUT2D eigenvalue weighted by atomic mass is 10.1. The number of methoxy groups -OCH3 is 1. The number of carbonyl (C=O) groups is 2. The van der Waals surface area contributed by atoms with Gasteiger partial charge < -0.3 is 14.5 Å². The first-order chi connectivity index (χ1) is 13.0. The predicted molar refractivity (Wildman–Crippen MR) is 105 cm³/mol. The molecule has 2 amide bonds. The summed E-state index contributed by atoms with van der Waals surface area (Å²) in [5.41, 5.74) is 3.31. The molecule has 0 N–H and O–H groups in total. The van der Waals surface area contributed by atoms with Crippen LogP contribution in [0.25, 0.3) is 0 Å². The van der Waals surface area contributed by atoms with E-state index in [2.05, 4.69) is 0 Å². The largest absolute Gasteiger partial charge is 0.496 e. The fraction of sp³-hybridized carbons (Fsp3) is 0.364. The van der Waals surface area contributed by atoms with E-state index in [1.54, 1.807) is 7.11 Å². The molecule has 0 aromatic heterocycles. The van der Waals surface area contributed by atoms with Crippen LogP contribution in [0, 0.1) is 13.8 Å². The Morgan fingerprint density at radius 1 is 0.852 bits per heavy atom. The van der Waals surface area contributed by atoms with Gasteiger partial charge in [0.05, 0.1) is 12.7 Å². The van der Waals surface area contributed by atoms with Crippen LogP contribution in [-0.2, 0) is 0 Å². The molecule has 1 heterocycles. The van der Waals surface area contributed by atoms with Gasteiger partial charge in [-0.25, -0.2) is 0 Å². The van der Waals surface area contributed by atoms with Crippen molar-refractivity contribution in [1.82, 2.24) is 9.80 Å². The zero-order valence-electron chi connectivity index (χ0n) is 16.2. The molecular formula is C22H26N2O3. The Kier molecular flexibility index (Phi) is 5.79. The molecule has 27 heavy (non-hydrogen) atoms. The Hall–Kier alpha value is -2.82. The van der Waals surface area contributed by atoms with Gasteiger partial charge in [-0.05, 0) is 44.0 Å². The average Bonchev–Trinajstić information content (AvgIpc) is 2.93. The van der Waals surface area contributed by atoms with Gasteiger partial charge in [0, 0.05) is 31.7 Å². The Labute approximate surface area is 160 Å². The van der Waals surface area contributed by atoms with Crippen LogP contribution in [0.15, 0.2) is 42.5 Å². The highest BCUT2D eigenvalue weighted by Crippen LogP contribution is 2.22. The minimum atomic E-state index is -0.0410. The number of amides is 2. The molecule has 5 heteroatoms. The van der Waals surface area contributed by atoms with E-state index in [4.69, 9.17) is 4.74 Å². The lowest BCUT2D eigenvalue weighted by Gasteiger charge is -2.23. The Balaban J connectivity index is 1.73. The topological polar surface area (TPSA) is 49.9 Å². The molecule has 1 aliphatic rings. The molecule has 0 saturated carbocycles. The number of hydrogen-bond donors (Lipinski definition) is 0. The van der Waals surface area contributed by atoms with Gasteiger partial charge in [0.15, 0.2) is 0 Å². The monoisotopic (exact) mass is 366 g/mol. The van der Waals surface area contributed by atoms with Crippen LogP contribution in [-0.4, -0.2) is 54.9 Å². The molecule has 0 radical (unpaired) electrons. The van der Waals surface area contributed by atoms with Crippen LogP contribution in [0.4, 0.5) is 0 Å². The van der Waals surface area contributed by atoms with E-state index >= 15 is 0 Å². The molecule has 0 unspecified atom stereocenters. The fourth-order valence-corrected chi connectivity index (χ4v) is 3.47. The van der Waals surface area contributed by atoms with Crippen LogP contribution in [0.1, 0.15) is 38.3 Å². The number of aryl methyl sites for hydroxylation is 2. The van der Waals surface area contributed by atoms with Gasteiger partial charge in [-0.3, -0.25) is 9.59 Å². The maximum absolute atomic E-state index is 13.0. The van der Waals surface area contributed by atoms with Crippen molar-refractivity contribution in [2.45, 2.75) is 20.3 Å². The second-order valence-corrected chi connectivity index (χ2v) is 6.96. The van der Waals surface area contributed by atoms with Crippen molar-refractivity contribution in [1.29, 1.82) is 0 Å². The number of benzene rings is 2. The van der Waals surface area contributed by atoms with E-state index in [1.807, 2.05) is 66.1 Å². The van der Waals surface area contributed by atoms with Gasteiger partial charge in [0.25, 0.3) is 11.8 Å². The SMILES string of the molecule is COc1ccc(C)cc1C(=O)N1CCCN(C(=O)c2ccccc2C)CC1. The number of hydrogen-bond acceptors (Lipinski definition) is 3. The third kappa shape index (κ3) is 4.13. The van der Waals surface area contributed by atoms with E-state index in [-0.39, 0.29) is 11.8 Å². The fourth-order valence-electron chi connectivity index (χ4n) is 3.47. The van der Waals surface area contributed by atoms with Crippen molar-refractivity contribution in [3.8, 4) is 5.75 Å². The molecule has 0 aliphatic carbocycles. The van der Waals surface area contributed by atoms with Crippen LogP contribution in [0.2, 0.25) is 0 Å². The lowest BCUT2D eigenvalue weighted by Crippen LogP contribution is -2.37. The van der Waals surface area contributed by atoms with Crippen molar-refractivity contribution in [3.05, 3.63) is 64.7 Å². The number of carbonyl (C=O) groups excluding carboxylic acids is 2. The minimum absolute atomic E-state index is 0.0375. The van der Waals surface area contributed by atoms with E-state index in [1.165, 1.54) is 0 Å². The second kappa shape index (κ2) is 8.25. The Bertz CT molecular complexity index is 847. The van der Waals surface area contributed by atoms with E-state index < -0.39 is 0 Å². The number of nitrogens with zero attached hydrogens (tertiary/aromatic N) is 2. The summed E-state index contributed by atoms with van der Waals surface area (Å²) in [5, 5.41) is 0. The summed E-state index contributed by atoms with van der Waals surface area (Å²) < 4.78 is 5.36. The molecule has 0 bridgehead atoms. The van der Waals surface area contributed by atoms with Gasteiger partial charge in [0.1, 0.15) is 5.75 Å². The highest BCUT2D eigenvalue weighted by Gasteiger charge is 2.25. The van der Waals surface area contributed by atoms with Gasteiger partial charge >= 0.3 is 0 Å². The molecular weight excluding hydrogens is 340 g/mol. The first-order valence-corrected chi connectivity index (χ1v) is 9.30. The van der Waals surface area contributed by atoms with Gasteiger partial charge in [-0.2, -0.15) is 0 Å². The van der Waals surface area contributed by atoms with Gasteiger partial charge in [-0.15, -0.1) is 0 Å². The molecule has 1 fully saturated rings. The number of rotatable bonds is 3. The zero-order valence-corrected chi connectivity index (χ0v) is 16.2. The number of ether oxygens (including phenoxy) is 1. The standard InChI is InChI=1S/C22H26N2O3/c1-16-9-10-20(27-3)19(15-16)22(26)24-12-6-11-23(13-14-24)21(25)18-8-5-4-7-17(18)2/h4-5,7-10,15H,6,11-14H2,1-3H3. The maximum Gasteiger partial charge on any atom is 0.257 e.